The maximum absolute atomic E-state index is 11.7. The Morgan fingerprint density at radius 1 is 1.58 bits per heavy atom. The zero-order valence-corrected chi connectivity index (χ0v) is 9.65. The first-order valence-corrected chi connectivity index (χ1v) is 5.48. The highest BCUT2D eigenvalue weighted by atomic mass is 79.9. The second kappa shape index (κ2) is 3.49. The second-order valence-corrected chi connectivity index (χ2v) is 5.70. The molecule has 2 unspecified atom stereocenters. The predicted octanol–water partition coefficient (Wildman–Crippen LogP) is 3.17. The van der Waals surface area contributed by atoms with Crippen LogP contribution in [0.2, 0.25) is 0 Å². The fourth-order valence-corrected chi connectivity index (χ4v) is 2.19. The summed E-state index contributed by atoms with van der Waals surface area (Å²) in [5.74, 6) is 1.40. The quantitative estimate of drug-likeness (QED) is 0.636. The van der Waals surface area contributed by atoms with Crippen LogP contribution in [0.1, 0.15) is 40.0 Å². The summed E-state index contributed by atoms with van der Waals surface area (Å²) < 4.78 is -0.209. The summed E-state index contributed by atoms with van der Waals surface area (Å²) in [6.45, 7) is 6.39. The first kappa shape index (κ1) is 10.2. The van der Waals surface area contributed by atoms with Gasteiger partial charge < -0.3 is 0 Å². The predicted molar refractivity (Wildman–Crippen MR) is 54.5 cm³/mol. The highest BCUT2D eigenvalue weighted by Gasteiger charge is 2.41. The van der Waals surface area contributed by atoms with Crippen LogP contribution < -0.4 is 0 Å². The van der Waals surface area contributed by atoms with E-state index in [0.717, 1.165) is 12.8 Å². The molecular weight excluding hydrogens is 216 g/mol. The van der Waals surface area contributed by atoms with Crippen LogP contribution in [0, 0.1) is 11.8 Å². The fourth-order valence-electron chi connectivity index (χ4n) is 1.79. The zero-order valence-electron chi connectivity index (χ0n) is 8.06. The Morgan fingerprint density at radius 3 is 2.58 bits per heavy atom. The molecule has 1 saturated carbocycles. The van der Waals surface area contributed by atoms with E-state index in [-0.39, 0.29) is 4.32 Å². The Labute approximate surface area is 83.0 Å². The molecule has 1 nitrogen and oxygen atoms in total. The molecule has 2 heteroatoms. The standard InChI is InChI=1S/C10H17BrO/c1-7(2)10(11)5-4-8(3)6-9(10)12/h7-8H,4-6H2,1-3H3. The van der Waals surface area contributed by atoms with Gasteiger partial charge >= 0.3 is 0 Å². The minimum absolute atomic E-state index is 0.209. The molecule has 70 valence electrons. The summed E-state index contributed by atoms with van der Waals surface area (Å²) >= 11 is 3.60. The zero-order chi connectivity index (χ0) is 9.35. The molecule has 1 rings (SSSR count). The van der Waals surface area contributed by atoms with Crippen LogP contribution >= 0.6 is 15.9 Å². The average Bonchev–Trinajstić information content (AvgIpc) is 1.97. The van der Waals surface area contributed by atoms with Gasteiger partial charge in [0.25, 0.3) is 0 Å². The molecule has 2 atom stereocenters. The molecule has 1 aliphatic rings. The summed E-state index contributed by atoms with van der Waals surface area (Å²) in [4.78, 5) is 11.7. The molecule has 0 N–H and O–H groups in total. The molecule has 0 radical (unpaired) electrons. The number of Topliss-reactive ketones (excluding diaryl/α,β-unsaturated/α-hetero) is 1. The Bertz CT molecular complexity index is 188. The maximum Gasteiger partial charge on any atom is 0.150 e. The van der Waals surface area contributed by atoms with Crippen LogP contribution in [0.4, 0.5) is 0 Å². The van der Waals surface area contributed by atoms with E-state index in [1.165, 1.54) is 6.42 Å². The first-order chi connectivity index (χ1) is 5.47. The lowest BCUT2D eigenvalue weighted by Gasteiger charge is -2.36. The van der Waals surface area contributed by atoms with Gasteiger partial charge in [-0.05, 0) is 24.7 Å². The molecule has 0 amide bonds. The van der Waals surface area contributed by atoms with E-state index < -0.39 is 0 Å². The van der Waals surface area contributed by atoms with Crippen molar-refractivity contribution in [2.24, 2.45) is 11.8 Å². The van der Waals surface area contributed by atoms with Gasteiger partial charge in [-0.1, -0.05) is 36.7 Å². The van der Waals surface area contributed by atoms with Crippen molar-refractivity contribution in [3.8, 4) is 0 Å². The topological polar surface area (TPSA) is 17.1 Å². The van der Waals surface area contributed by atoms with E-state index in [9.17, 15) is 4.79 Å². The molecule has 0 aliphatic heterocycles. The molecule has 1 fully saturated rings. The summed E-state index contributed by atoms with van der Waals surface area (Å²) in [7, 11) is 0. The summed E-state index contributed by atoms with van der Waals surface area (Å²) in [5.41, 5.74) is 0. The molecule has 0 aromatic heterocycles. The van der Waals surface area contributed by atoms with Crippen LogP contribution in [0.25, 0.3) is 0 Å². The number of halogens is 1. The van der Waals surface area contributed by atoms with Crippen molar-refractivity contribution in [2.45, 2.75) is 44.4 Å². The summed E-state index contributed by atoms with van der Waals surface area (Å²) in [6.07, 6.45) is 2.93. The molecule has 0 heterocycles. The van der Waals surface area contributed by atoms with Gasteiger partial charge in [0.2, 0.25) is 0 Å². The molecule has 1 aliphatic carbocycles. The Balaban J connectivity index is 2.73. The van der Waals surface area contributed by atoms with Gasteiger partial charge in [0.1, 0.15) is 5.78 Å². The molecule has 0 saturated heterocycles. The van der Waals surface area contributed by atoms with Gasteiger partial charge in [-0.2, -0.15) is 0 Å². The van der Waals surface area contributed by atoms with Crippen molar-refractivity contribution in [3.63, 3.8) is 0 Å². The molecule has 12 heavy (non-hydrogen) atoms. The van der Waals surface area contributed by atoms with Gasteiger partial charge in [0, 0.05) is 6.42 Å². The number of hydrogen-bond acceptors (Lipinski definition) is 1. The second-order valence-electron chi connectivity index (χ2n) is 4.29. The van der Waals surface area contributed by atoms with Gasteiger partial charge in [-0.15, -0.1) is 0 Å². The third kappa shape index (κ3) is 1.73. The van der Waals surface area contributed by atoms with Crippen LogP contribution in [0.3, 0.4) is 0 Å². The average molecular weight is 233 g/mol. The third-order valence-electron chi connectivity index (χ3n) is 2.91. The van der Waals surface area contributed by atoms with Gasteiger partial charge in [-0.3, -0.25) is 4.79 Å². The van der Waals surface area contributed by atoms with Crippen molar-refractivity contribution >= 4 is 21.7 Å². The lowest BCUT2D eigenvalue weighted by Crippen LogP contribution is -2.41. The number of rotatable bonds is 1. The monoisotopic (exact) mass is 232 g/mol. The number of ketones is 1. The van der Waals surface area contributed by atoms with Crippen molar-refractivity contribution in [2.75, 3.05) is 0 Å². The fraction of sp³-hybridized carbons (Fsp3) is 0.900. The number of hydrogen-bond donors (Lipinski definition) is 0. The van der Waals surface area contributed by atoms with Crippen molar-refractivity contribution < 1.29 is 4.79 Å². The lowest BCUT2D eigenvalue weighted by molar-refractivity contribution is -0.124. The minimum Gasteiger partial charge on any atom is -0.298 e. The van der Waals surface area contributed by atoms with Gasteiger partial charge in [-0.25, -0.2) is 0 Å². The van der Waals surface area contributed by atoms with E-state index in [2.05, 4.69) is 36.7 Å². The molecule has 0 spiro atoms. The molecule has 0 aromatic carbocycles. The van der Waals surface area contributed by atoms with E-state index in [0.29, 0.717) is 17.6 Å². The third-order valence-corrected chi connectivity index (χ3v) is 4.67. The minimum atomic E-state index is -0.209. The molecular formula is C10H17BrO. The van der Waals surface area contributed by atoms with Crippen LogP contribution in [-0.2, 0) is 4.79 Å². The van der Waals surface area contributed by atoms with E-state index in [1.54, 1.807) is 0 Å². The van der Waals surface area contributed by atoms with E-state index >= 15 is 0 Å². The van der Waals surface area contributed by atoms with Crippen molar-refractivity contribution in [1.29, 1.82) is 0 Å². The smallest absolute Gasteiger partial charge is 0.150 e. The van der Waals surface area contributed by atoms with E-state index in [4.69, 9.17) is 0 Å². The molecule has 0 aromatic rings. The van der Waals surface area contributed by atoms with Crippen molar-refractivity contribution in [1.82, 2.24) is 0 Å². The van der Waals surface area contributed by atoms with Gasteiger partial charge in [0.15, 0.2) is 0 Å². The highest BCUT2D eigenvalue weighted by Crippen LogP contribution is 2.40. The first-order valence-electron chi connectivity index (χ1n) is 4.69. The van der Waals surface area contributed by atoms with Crippen LogP contribution in [0.5, 0.6) is 0 Å². The van der Waals surface area contributed by atoms with Crippen molar-refractivity contribution in [3.05, 3.63) is 0 Å². The Kier molecular flexibility index (Phi) is 2.97. The number of carbonyl (C=O) groups excluding carboxylic acids is 1. The SMILES string of the molecule is CC1CCC(Br)(C(C)C)C(=O)C1. The summed E-state index contributed by atoms with van der Waals surface area (Å²) in [6, 6.07) is 0. The lowest BCUT2D eigenvalue weighted by atomic mass is 9.76. The van der Waals surface area contributed by atoms with Crippen LogP contribution in [0.15, 0.2) is 0 Å². The Morgan fingerprint density at radius 2 is 2.17 bits per heavy atom. The molecule has 0 bridgehead atoms. The largest absolute Gasteiger partial charge is 0.298 e. The van der Waals surface area contributed by atoms with E-state index in [1.807, 2.05) is 0 Å². The highest BCUT2D eigenvalue weighted by molar-refractivity contribution is 9.10. The Hall–Kier alpha value is 0.150. The van der Waals surface area contributed by atoms with Crippen LogP contribution in [-0.4, -0.2) is 10.1 Å². The number of carbonyl (C=O) groups is 1. The maximum atomic E-state index is 11.7. The normalized spacial score (nSPS) is 37.4. The van der Waals surface area contributed by atoms with Gasteiger partial charge in [0.05, 0.1) is 4.32 Å². The summed E-state index contributed by atoms with van der Waals surface area (Å²) in [5, 5.41) is 0. The number of alkyl halides is 1.